The molecule has 1 saturated heterocycles. The Morgan fingerprint density at radius 1 is 1.29 bits per heavy atom. The lowest BCUT2D eigenvalue weighted by Gasteiger charge is -2.29. The van der Waals surface area contributed by atoms with E-state index in [2.05, 4.69) is 0 Å². The minimum absolute atomic E-state index is 0.0610. The molecule has 9 heteroatoms. The highest BCUT2D eigenvalue weighted by atomic mass is 32.2. The van der Waals surface area contributed by atoms with E-state index >= 15 is 0 Å². The average molecular weight is 408 g/mol. The van der Waals surface area contributed by atoms with Gasteiger partial charge >= 0.3 is 5.97 Å². The zero-order valence-electron chi connectivity index (χ0n) is 16.0. The smallest absolute Gasteiger partial charge is 0.344 e. The number of hydrogen-bond donors (Lipinski definition) is 0. The molecule has 1 aromatic rings. The van der Waals surface area contributed by atoms with Gasteiger partial charge in [0.15, 0.2) is 23.1 Å². The first-order valence-electron chi connectivity index (χ1n) is 8.99. The van der Waals surface area contributed by atoms with Crippen LogP contribution in [-0.4, -0.2) is 62.5 Å². The standard InChI is InChI=1S/C19H24N2O6S/c1-14(2)10-21(16-7-8-28(24,25)13-16)18(22)11-27-19(23)12-26-17-6-4-3-5-15(17)9-20/h3-6,14,16H,7-8,10-13H2,1-2H3/t16-/m1/s1. The molecule has 1 fully saturated rings. The number of esters is 1. The van der Waals surface area contributed by atoms with Crippen LogP contribution < -0.4 is 4.74 Å². The molecule has 0 spiro atoms. The molecule has 0 radical (unpaired) electrons. The molecule has 1 aliphatic heterocycles. The summed E-state index contributed by atoms with van der Waals surface area (Å²) in [5.74, 6) is -0.773. The van der Waals surface area contributed by atoms with Crippen LogP contribution in [0.4, 0.5) is 0 Å². The molecule has 0 N–H and O–H groups in total. The molecule has 1 amide bonds. The van der Waals surface area contributed by atoms with Crippen molar-refractivity contribution in [2.24, 2.45) is 5.92 Å². The van der Waals surface area contributed by atoms with Crippen LogP contribution in [0.15, 0.2) is 24.3 Å². The predicted molar refractivity (Wildman–Crippen MR) is 101 cm³/mol. The summed E-state index contributed by atoms with van der Waals surface area (Å²) in [7, 11) is -3.13. The molecule has 0 aromatic heterocycles. The minimum atomic E-state index is -3.13. The largest absolute Gasteiger partial charge is 0.481 e. The third-order valence-electron chi connectivity index (χ3n) is 4.24. The van der Waals surface area contributed by atoms with Crippen molar-refractivity contribution >= 4 is 21.7 Å². The van der Waals surface area contributed by atoms with Crippen LogP contribution in [-0.2, 0) is 24.2 Å². The predicted octanol–water partition coefficient (Wildman–Crippen LogP) is 1.15. The number of sulfone groups is 1. The van der Waals surface area contributed by atoms with Gasteiger partial charge in [0.05, 0.1) is 17.1 Å². The summed E-state index contributed by atoms with van der Waals surface area (Å²) in [4.78, 5) is 25.9. The fourth-order valence-corrected chi connectivity index (χ4v) is 4.69. The maximum atomic E-state index is 12.5. The molecule has 0 aliphatic carbocycles. The Morgan fingerprint density at radius 3 is 2.61 bits per heavy atom. The molecule has 152 valence electrons. The van der Waals surface area contributed by atoms with Crippen LogP contribution in [0, 0.1) is 17.2 Å². The van der Waals surface area contributed by atoms with Gasteiger partial charge in [-0.15, -0.1) is 0 Å². The SMILES string of the molecule is CC(C)CN(C(=O)COC(=O)COc1ccccc1C#N)[C@@H]1CCS(=O)(=O)C1. The fraction of sp³-hybridized carbons (Fsp3) is 0.526. The van der Waals surface area contributed by atoms with Crippen molar-refractivity contribution in [1.82, 2.24) is 4.90 Å². The first-order chi connectivity index (χ1) is 13.2. The molecular weight excluding hydrogens is 384 g/mol. The summed E-state index contributed by atoms with van der Waals surface area (Å²) >= 11 is 0. The Balaban J connectivity index is 1.89. The average Bonchev–Trinajstić information content (AvgIpc) is 3.02. The maximum absolute atomic E-state index is 12.5. The zero-order chi connectivity index (χ0) is 20.7. The van der Waals surface area contributed by atoms with Crippen molar-refractivity contribution < 1.29 is 27.5 Å². The van der Waals surface area contributed by atoms with E-state index in [-0.39, 0.29) is 28.7 Å². The quantitative estimate of drug-likeness (QED) is 0.593. The van der Waals surface area contributed by atoms with Gasteiger partial charge in [-0.1, -0.05) is 26.0 Å². The van der Waals surface area contributed by atoms with Gasteiger partial charge in [0, 0.05) is 12.6 Å². The Morgan fingerprint density at radius 2 is 2.00 bits per heavy atom. The van der Waals surface area contributed by atoms with Crippen molar-refractivity contribution in [3.63, 3.8) is 0 Å². The first-order valence-corrected chi connectivity index (χ1v) is 10.8. The van der Waals surface area contributed by atoms with Gasteiger partial charge in [-0.05, 0) is 24.5 Å². The summed E-state index contributed by atoms with van der Waals surface area (Å²) < 4.78 is 33.7. The van der Waals surface area contributed by atoms with Crippen LogP contribution in [0.1, 0.15) is 25.8 Å². The maximum Gasteiger partial charge on any atom is 0.344 e. The molecule has 0 saturated carbocycles. The second-order valence-corrected chi connectivity index (χ2v) is 9.28. The number of carbonyl (C=O) groups excluding carboxylic acids is 2. The summed E-state index contributed by atoms with van der Waals surface area (Å²) in [5.41, 5.74) is 0.289. The van der Waals surface area contributed by atoms with Crippen molar-refractivity contribution in [3.8, 4) is 11.8 Å². The molecule has 1 atom stereocenters. The topological polar surface area (TPSA) is 114 Å². The van der Waals surface area contributed by atoms with E-state index in [1.54, 1.807) is 24.3 Å². The van der Waals surface area contributed by atoms with Gasteiger partial charge in [0.1, 0.15) is 11.8 Å². The molecule has 8 nitrogen and oxygen atoms in total. The van der Waals surface area contributed by atoms with Crippen molar-refractivity contribution in [2.75, 3.05) is 31.3 Å². The Kier molecular flexibility index (Phi) is 7.40. The van der Waals surface area contributed by atoms with Crippen LogP contribution >= 0.6 is 0 Å². The minimum Gasteiger partial charge on any atom is -0.481 e. The van der Waals surface area contributed by atoms with Crippen LogP contribution in [0.3, 0.4) is 0 Å². The Bertz CT molecular complexity index is 859. The number of carbonyl (C=O) groups is 2. The van der Waals surface area contributed by atoms with Gasteiger partial charge < -0.3 is 14.4 Å². The van der Waals surface area contributed by atoms with Crippen LogP contribution in [0.25, 0.3) is 0 Å². The fourth-order valence-electron chi connectivity index (χ4n) is 2.96. The van der Waals surface area contributed by atoms with E-state index in [9.17, 15) is 18.0 Å². The summed E-state index contributed by atoms with van der Waals surface area (Å²) in [6.07, 6.45) is 0.392. The molecule has 1 aromatic carbocycles. The molecule has 1 aliphatic rings. The van der Waals surface area contributed by atoms with Gasteiger partial charge in [0.2, 0.25) is 0 Å². The van der Waals surface area contributed by atoms with Crippen LogP contribution in [0.5, 0.6) is 5.75 Å². The summed E-state index contributed by atoms with van der Waals surface area (Å²) in [6, 6.07) is 8.03. The van der Waals surface area contributed by atoms with E-state index < -0.39 is 41.0 Å². The van der Waals surface area contributed by atoms with Gasteiger partial charge in [-0.3, -0.25) is 4.79 Å². The van der Waals surface area contributed by atoms with E-state index in [0.717, 1.165) is 0 Å². The molecular formula is C19H24N2O6S. The lowest BCUT2D eigenvalue weighted by atomic mass is 10.1. The Labute approximate surface area is 164 Å². The van der Waals surface area contributed by atoms with E-state index in [4.69, 9.17) is 14.7 Å². The number of nitrogens with zero attached hydrogens (tertiary/aromatic N) is 2. The molecule has 0 unspecified atom stereocenters. The number of ether oxygens (including phenoxy) is 2. The van der Waals surface area contributed by atoms with Crippen molar-refractivity contribution in [1.29, 1.82) is 5.26 Å². The molecule has 1 heterocycles. The second-order valence-electron chi connectivity index (χ2n) is 7.05. The van der Waals surface area contributed by atoms with Gasteiger partial charge in [-0.2, -0.15) is 5.26 Å². The number of amides is 1. The summed E-state index contributed by atoms with van der Waals surface area (Å²) in [6.45, 7) is 3.33. The normalized spacial score (nSPS) is 17.7. The highest BCUT2D eigenvalue weighted by Gasteiger charge is 2.35. The van der Waals surface area contributed by atoms with Crippen molar-refractivity contribution in [2.45, 2.75) is 26.3 Å². The second kappa shape index (κ2) is 9.55. The zero-order valence-corrected chi connectivity index (χ0v) is 16.8. The number of hydrogen-bond acceptors (Lipinski definition) is 7. The highest BCUT2D eigenvalue weighted by molar-refractivity contribution is 7.91. The van der Waals surface area contributed by atoms with E-state index in [1.807, 2.05) is 19.9 Å². The monoisotopic (exact) mass is 408 g/mol. The number of benzene rings is 1. The Hall–Kier alpha value is -2.60. The van der Waals surface area contributed by atoms with E-state index in [0.29, 0.717) is 13.0 Å². The number of rotatable bonds is 8. The van der Waals surface area contributed by atoms with Crippen molar-refractivity contribution in [3.05, 3.63) is 29.8 Å². The van der Waals surface area contributed by atoms with Gasteiger partial charge in [0.25, 0.3) is 5.91 Å². The molecule has 28 heavy (non-hydrogen) atoms. The summed E-state index contributed by atoms with van der Waals surface area (Å²) in [5, 5.41) is 8.99. The number of para-hydroxylation sites is 1. The third-order valence-corrected chi connectivity index (χ3v) is 5.99. The molecule has 0 bridgehead atoms. The lowest BCUT2D eigenvalue weighted by Crippen LogP contribution is -2.45. The van der Waals surface area contributed by atoms with Crippen LogP contribution in [0.2, 0.25) is 0 Å². The third kappa shape index (κ3) is 6.23. The highest BCUT2D eigenvalue weighted by Crippen LogP contribution is 2.19. The number of nitriles is 1. The van der Waals surface area contributed by atoms with E-state index in [1.165, 1.54) is 4.90 Å². The first kappa shape index (κ1) is 21.7. The van der Waals surface area contributed by atoms with Gasteiger partial charge in [-0.25, -0.2) is 13.2 Å². The molecule has 2 rings (SSSR count). The lowest BCUT2D eigenvalue weighted by molar-refractivity contribution is -0.154.